The molecule has 2 aromatic carbocycles. The molecule has 0 aromatic heterocycles. The predicted molar refractivity (Wildman–Crippen MR) is 104 cm³/mol. The van der Waals surface area contributed by atoms with Gasteiger partial charge in [-0.05, 0) is 18.6 Å². The molecule has 0 saturated carbocycles. The van der Waals surface area contributed by atoms with Crippen molar-refractivity contribution in [2.24, 2.45) is 0 Å². The van der Waals surface area contributed by atoms with Crippen LogP contribution in [0.1, 0.15) is 27.0 Å². The molecule has 0 aliphatic heterocycles. The summed E-state index contributed by atoms with van der Waals surface area (Å²) in [6.07, 6.45) is 0. The molecule has 0 saturated heterocycles. The van der Waals surface area contributed by atoms with Gasteiger partial charge in [0.25, 0.3) is 0 Å². The van der Waals surface area contributed by atoms with Crippen LogP contribution in [0.4, 0.5) is 0 Å². The molecule has 0 N–H and O–H groups in total. The van der Waals surface area contributed by atoms with E-state index in [0.29, 0.717) is 5.56 Å². The highest BCUT2D eigenvalue weighted by Gasteiger charge is 2.25. The van der Waals surface area contributed by atoms with Gasteiger partial charge >= 0.3 is 5.97 Å². The van der Waals surface area contributed by atoms with Gasteiger partial charge in [-0.3, -0.25) is 0 Å². The monoisotopic (exact) mass is 438 g/mol. The van der Waals surface area contributed by atoms with E-state index in [0.717, 1.165) is 0 Å². The second kappa shape index (κ2) is 9.64. The average molecular weight is 440 g/mol. The topological polar surface area (TPSA) is 92.3 Å². The first-order chi connectivity index (χ1) is 13.4. The lowest BCUT2D eigenvalue weighted by Crippen LogP contribution is -2.11. The van der Waals surface area contributed by atoms with Crippen molar-refractivity contribution in [1.82, 2.24) is 0 Å². The molecule has 2 rings (SSSR count). The Balaban J connectivity index is 2.56. The van der Waals surface area contributed by atoms with Gasteiger partial charge < -0.3 is 14.2 Å². The number of halogens is 3. The van der Waals surface area contributed by atoms with Crippen LogP contribution >= 0.6 is 34.8 Å². The number of rotatable bonds is 6. The summed E-state index contributed by atoms with van der Waals surface area (Å²) in [4.78, 5) is 12.4. The van der Waals surface area contributed by atoms with E-state index in [4.69, 9.17) is 49.0 Å². The average Bonchev–Trinajstić information content (AvgIpc) is 2.68. The van der Waals surface area contributed by atoms with Crippen LogP contribution < -0.4 is 4.74 Å². The first-order valence-electron chi connectivity index (χ1n) is 7.81. The van der Waals surface area contributed by atoms with Gasteiger partial charge in [0, 0.05) is 7.11 Å². The van der Waals surface area contributed by atoms with Crippen molar-refractivity contribution in [1.29, 1.82) is 10.5 Å². The van der Waals surface area contributed by atoms with Crippen molar-refractivity contribution in [2.75, 3.05) is 20.3 Å². The molecule has 0 bridgehead atoms. The maximum absolute atomic E-state index is 12.4. The maximum Gasteiger partial charge on any atom is 0.342 e. The Hall–Kier alpha value is -2.48. The largest absolute Gasteiger partial charge is 0.460 e. The van der Waals surface area contributed by atoms with Crippen LogP contribution in [0.2, 0.25) is 15.1 Å². The third kappa shape index (κ3) is 4.32. The quantitative estimate of drug-likeness (QED) is 0.345. The van der Waals surface area contributed by atoms with Gasteiger partial charge in [-0.25, -0.2) is 4.79 Å². The number of methoxy groups -OCH3 is 1. The second-order valence-electron chi connectivity index (χ2n) is 5.43. The Morgan fingerprint density at radius 2 is 1.64 bits per heavy atom. The highest BCUT2D eigenvalue weighted by atomic mass is 35.5. The molecule has 28 heavy (non-hydrogen) atoms. The van der Waals surface area contributed by atoms with Gasteiger partial charge in [0.1, 0.15) is 40.1 Å². The predicted octanol–water partition coefficient (Wildman–Crippen LogP) is 5.29. The number of benzene rings is 2. The SMILES string of the molecule is COCCOC(=O)c1cccc(C)c1Oc1c(Cl)c(Cl)c(C#N)c(C#N)c1Cl. The van der Waals surface area contributed by atoms with E-state index < -0.39 is 5.97 Å². The first kappa shape index (κ1) is 21.8. The molecular weight excluding hydrogens is 427 g/mol. The van der Waals surface area contributed by atoms with Crippen molar-refractivity contribution >= 4 is 40.8 Å². The molecule has 0 aliphatic carbocycles. The summed E-state index contributed by atoms with van der Waals surface area (Å²) in [7, 11) is 1.49. The lowest BCUT2D eigenvalue weighted by Gasteiger charge is -2.17. The summed E-state index contributed by atoms with van der Waals surface area (Å²) in [6, 6.07) is 8.48. The van der Waals surface area contributed by atoms with Crippen LogP contribution in [0.3, 0.4) is 0 Å². The molecule has 0 unspecified atom stereocenters. The van der Waals surface area contributed by atoms with Crippen LogP contribution in [0.15, 0.2) is 18.2 Å². The number of ether oxygens (including phenoxy) is 3. The molecule has 6 nitrogen and oxygen atoms in total. The fraction of sp³-hybridized carbons (Fsp3) is 0.211. The van der Waals surface area contributed by atoms with Crippen LogP contribution in [-0.2, 0) is 9.47 Å². The fourth-order valence-corrected chi connectivity index (χ4v) is 3.05. The summed E-state index contributed by atoms with van der Waals surface area (Å²) in [5, 5.41) is 18.0. The lowest BCUT2D eigenvalue weighted by atomic mass is 10.1. The number of esters is 1. The molecule has 0 spiro atoms. The second-order valence-corrected chi connectivity index (χ2v) is 6.56. The zero-order chi connectivity index (χ0) is 20.8. The van der Waals surface area contributed by atoms with E-state index in [1.54, 1.807) is 25.1 Å². The molecule has 0 amide bonds. The Morgan fingerprint density at radius 3 is 2.25 bits per heavy atom. The van der Waals surface area contributed by atoms with Gasteiger partial charge in [0.2, 0.25) is 0 Å². The summed E-state index contributed by atoms with van der Waals surface area (Å²) in [6.45, 7) is 2.01. The molecule has 2 aromatic rings. The molecule has 0 fully saturated rings. The summed E-state index contributed by atoms with van der Waals surface area (Å²) < 4.78 is 15.8. The third-order valence-electron chi connectivity index (χ3n) is 3.66. The van der Waals surface area contributed by atoms with E-state index >= 15 is 0 Å². The van der Waals surface area contributed by atoms with Crippen LogP contribution in [0.5, 0.6) is 11.5 Å². The number of nitrogens with zero attached hydrogens (tertiary/aromatic N) is 2. The molecule has 0 radical (unpaired) electrons. The van der Waals surface area contributed by atoms with Crippen LogP contribution in [0, 0.1) is 29.6 Å². The van der Waals surface area contributed by atoms with Crippen LogP contribution in [-0.4, -0.2) is 26.3 Å². The zero-order valence-electron chi connectivity index (χ0n) is 14.8. The summed E-state index contributed by atoms with van der Waals surface area (Å²) >= 11 is 18.5. The summed E-state index contributed by atoms with van der Waals surface area (Å²) in [5.74, 6) is -0.634. The number of hydrogen-bond donors (Lipinski definition) is 0. The Morgan fingerprint density at radius 1 is 1.00 bits per heavy atom. The molecular formula is C19H13Cl3N2O4. The molecule has 0 atom stereocenters. The number of carbonyl (C=O) groups excluding carboxylic acids is 1. The van der Waals surface area contributed by atoms with E-state index in [1.165, 1.54) is 13.2 Å². The van der Waals surface area contributed by atoms with Crippen molar-refractivity contribution in [3.8, 4) is 23.6 Å². The number of carbonyl (C=O) groups is 1. The highest BCUT2D eigenvalue weighted by Crippen LogP contribution is 2.46. The van der Waals surface area contributed by atoms with E-state index in [-0.39, 0.29) is 56.5 Å². The van der Waals surface area contributed by atoms with Gasteiger partial charge in [-0.15, -0.1) is 0 Å². The first-order valence-corrected chi connectivity index (χ1v) is 8.94. The molecule has 0 heterocycles. The fourth-order valence-electron chi connectivity index (χ4n) is 2.28. The zero-order valence-corrected chi connectivity index (χ0v) is 17.1. The minimum atomic E-state index is -0.636. The lowest BCUT2D eigenvalue weighted by molar-refractivity contribution is 0.0385. The van der Waals surface area contributed by atoms with Gasteiger partial charge in [0.15, 0.2) is 5.75 Å². The van der Waals surface area contributed by atoms with E-state index in [9.17, 15) is 15.3 Å². The highest BCUT2D eigenvalue weighted by molar-refractivity contribution is 6.46. The normalized spacial score (nSPS) is 10.1. The van der Waals surface area contributed by atoms with E-state index in [2.05, 4.69) is 0 Å². The Bertz CT molecular complexity index is 1010. The smallest absolute Gasteiger partial charge is 0.342 e. The third-order valence-corrected chi connectivity index (χ3v) is 4.86. The maximum atomic E-state index is 12.4. The van der Waals surface area contributed by atoms with Crippen molar-refractivity contribution < 1.29 is 19.0 Å². The van der Waals surface area contributed by atoms with Gasteiger partial charge in [-0.2, -0.15) is 10.5 Å². The number of para-hydroxylation sites is 1. The van der Waals surface area contributed by atoms with Gasteiger partial charge in [-0.1, -0.05) is 46.9 Å². The van der Waals surface area contributed by atoms with Crippen molar-refractivity contribution in [3.63, 3.8) is 0 Å². The Labute approximate surface area is 176 Å². The molecule has 0 aliphatic rings. The number of nitriles is 2. The van der Waals surface area contributed by atoms with Gasteiger partial charge in [0.05, 0.1) is 22.8 Å². The molecule has 9 heteroatoms. The number of aryl methyl sites for hydroxylation is 1. The minimum Gasteiger partial charge on any atom is -0.460 e. The molecule has 144 valence electrons. The standard InChI is InChI=1S/C19H13Cl3N2O4/c1-10-4-3-5-11(19(25)27-7-6-26-2)17(10)28-18-15(21)13(9-24)12(8-23)14(20)16(18)22/h3-5H,6-7H2,1-2H3. The number of hydrogen-bond acceptors (Lipinski definition) is 6. The van der Waals surface area contributed by atoms with Crippen molar-refractivity contribution in [2.45, 2.75) is 6.92 Å². The van der Waals surface area contributed by atoms with Crippen molar-refractivity contribution in [3.05, 3.63) is 55.5 Å². The summed E-state index contributed by atoms with van der Waals surface area (Å²) in [5.41, 5.74) is 0.386. The Kier molecular flexibility index (Phi) is 7.51. The van der Waals surface area contributed by atoms with E-state index in [1.807, 2.05) is 6.07 Å². The van der Waals surface area contributed by atoms with Crippen LogP contribution in [0.25, 0.3) is 0 Å². The minimum absolute atomic E-state index is 0.0610.